The monoisotopic (exact) mass is 344 g/mol. The maximum absolute atomic E-state index is 12.8. The van der Waals surface area contributed by atoms with E-state index in [1.807, 2.05) is 58.0 Å². The molecule has 0 saturated carbocycles. The Labute approximate surface area is 150 Å². The number of carbonyl (C=O) groups is 2. The van der Waals surface area contributed by atoms with Crippen molar-refractivity contribution in [3.8, 4) is 0 Å². The van der Waals surface area contributed by atoms with Gasteiger partial charge in [-0.2, -0.15) is 0 Å². The van der Waals surface area contributed by atoms with Gasteiger partial charge in [-0.1, -0.05) is 43.3 Å². The van der Waals surface area contributed by atoms with Gasteiger partial charge in [0.25, 0.3) is 0 Å². The molecule has 25 heavy (non-hydrogen) atoms. The van der Waals surface area contributed by atoms with Crippen LogP contribution in [-0.2, 0) is 16.1 Å². The molecule has 1 fully saturated rings. The predicted molar refractivity (Wildman–Crippen MR) is 97.9 cm³/mol. The van der Waals surface area contributed by atoms with E-state index in [1.165, 1.54) is 0 Å². The Morgan fingerprint density at radius 2 is 2.00 bits per heavy atom. The van der Waals surface area contributed by atoms with Crippen LogP contribution in [0, 0.1) is 5.92 Å². The summed E-state index contributed by atoms with van der Waals surface area (Å²) in [6.45, 7) is 12.6. The summed E-state index contributed by atoms with van der Waals surface area (Å²) in [6.07, 6.45) is 1.25. The number of likely N-dealkylation sites (tertiary alicyclic amines) is 1. The summed E-state index contributed by atoms with van der Waals surface area (Å²) in [5.41, 5.74) is 0.355. The van der Waals surface area contributed by atoms with Crippen LogP contribution in [0.5, 0.6) is 0 Å². The van der Waals surface area contributed by atoms with Crippen LogP contribution < -0.4 is 0 Å². The molecule has 0 spiro atoms. The van der Waals surface area contributed by atoms with Crippen molar-refractivity contribution < 1.29 is 14.3 Å². The summed E-state index contributed by atoms with van der Waals surface area (Å²) in [7, 11) is 0. The average molecular weight is 344 g/mol. The van der Waals surface area contributed by atoms with Gasteiger partial charge in [-0.05, 0) is 26.3 Å². The highest BCUT2D eigenvalue weighted by Crippen LogP contribution is 2.26. The fraction of sp³-hybridized carbons (Fsp3) is 0.500. The van der Waals surface area contributed by atoms with Gasteiger partial charge in [0.15, 0.2) is 0 Å². The van der Waals surface area contributed by atoms with Crippen molar-refractivity contribution in [1.29, 1.82) is 0 Å². The molecule has 0 N–H and O–H groups in total. The normalized spacial score (nSPS) is 20.5. The number of hydrogen-bond acceptors (Lipinski definition) is 3. The molecule has 0 aliphatic carbocycles. The van der Waals surface area contributed by atoms with Crippen molar-refractivity contribution in [3.63, 3.8) is 0 Å². The van der Waals surface area contributed by atoms with Crippen LogP contribution in [0.15, 0.2) is 43.0 Å². The number of carbonyl (C=O) groups excluding carboxylic acids is 2. The Balaban J connectivity index is 2.28. The number of rotatable bonds is 5. The zero-order valence-electron chi connectivity index (χ0n) is 15.6. The SMILES string of the molecule is C=CCN1C[C@H](C)[C@@H](N(Cc2ccccc2)C(=O)OC(C)(C)C)C1=O. The highest BCUT2D eigenvalue weighted by molar-refractivity contribution is 5.88. The quantitative estimate of drug-likeness (QED) is 0.769. The van der Waals surface area contributed by atoms with Crippen molar-refractivity contribution in [2.45, 2.75) is 45.9 Å². The van der Waals surface area contributed by atoms with Gasteiger partial charge >= 0.3 is 6.09 Å². The van der Waals surface area contributed by atoms with Crippen LogP contribution in [0.1, 0.15) is 33.3 Å². The molecule has 2 rings (SSSR count). The predicted octanol–water partition coefficient (Wildman–Crippen LogP) is 3.46. The van der Waals surface area contributed by atoms with Gasteiger partial charge in [-0.15, -0.1) is 6.58 Å². The molecule has 1 saturated heterocycles. The van der Waals surface area contributed by atoms with Gasteiger partial charge in [-0.3, -0.25) is 9.69 Å². The lowest BCUT2D eigenvalue weighted by Gasteiger charge is -2.32. The molecular weight excluding hydrogens is 316 g/mol. The second-order valence-corrected chi connectivity index (χ2v) is 7.55. The van der Waals surface area contributed by atoms with E-state index in [2.05, 4.69) is 6.58 Å². The van der Waals surface area contributed by atoms with Crippen LogP contribution in [0.2, 0.25) is 0 Å². The van der Waals surface area contributed by atoms with Crippen LogP contribution in [-0.4, -0.2) is 46.5 Å². The lowest BCUT2D eigenvalue weighted by Crippen LogP contribution is -2.48. The topological polar surface area (TPSA) is 49.9 Å². The van der Waals surface area contributed by atoms with Crippen molar-refractivity contribution in [2.75, 3.05) is 13.1 Å². The highest BCUT2D eigenvalue weighted by atomic mass is 16.6. The molecule has 5 nitrogen and oxygen atoms in total. The lowest BCUT2D eigenvalue weighted by atomic mass is 10.0. The van der Waals surface area contributed by atoms with E-state index >= 15 is 0 Å². The Morgan fingerprint density at radius 1 is 1.36 bits per heavy atom. The number of nitrogens with zero attached hydrogens (tertiary/aromatic N) is 2. The maximum atomic E-state index is 12.8. The molecule has 1 aromatic carbocycles. The van der Waals surface area contributed by atoms with Gasteiger partial charge in [0, 0.05) is 25.6 Å². The van der Waals surface area contributed by atoms with E-state index in [9.17, 15) is 9.59 Å². The summed E-state index contributed by atoms with van der Waals surface area (Å²) >= 11 is 0. The van der Waals surface area contributed by atoms with Gasteiger partial charge in [0.1, 0.15) is 11.6 Å². The van der Waals surface area contributed by atoms with Crippen molar-refractivity contribution in [2.24, 2.45) is 5.92 Å². The zero-order chi connectivity index (χ0) is 18.6. The fourth-order valence-corrected chi connectivity index (χ4v) is 3.11. The molecule has 136 valence electrons. The maximum Gasteiger partial charge on any atom is 0.411 e. The summed E-state index contributed by atoms with van der Waals surface area (Å²) < 4.78 is 5.57. The minimum atomic E-state index is -0.613. The van der Waals surface area contributed by atoms with Gasteiger partial charge < -0.3 is 9.64 Å². The first kappa shape index (κ1) is 19.0. The summed E-state index contributed by atoms with van der Waals surface area (Å²) in [5.74, 6) is -0.0159. The van der Waals surface area contributed by atoms with E-state index in [-0.39, 0.29) is 11.8 Å². The second kappa shape index (κ2) is 7.72. The number of amides is 2. The van der Waals surface area contributed by atoms with Gasteiger partial charge in [0.2, 0.25) is 5.91 Å². The van der Waals surface area contributed by atoms with Gasteiger partial charge in [0.05, 0.1) is 0 Å². The molecule has 0 radical (unpaired) electrons. The van der Waals surface area contributed by atoms with Crippen LogP contribution in [0.3, 0.4) is 0 Å². The van der Waals surface area contributed by atoms with E-state index in [4.69, 9.17) is 4.74 Å². The molecule has 1 aliphatic rings. The first-order chi connectivity index (χ1) is 11.7. The van der Waals surface area contributed by atoms with Crippen LogP contribution in [0.25, 0.3) is 0 Å². The third-order valence-corrected chi connectivity index (χ3v) is 4.12. The largest absolute Gasteiger partial charge is 0.444 e. The van der Waals surface area contributed by atoms with E-state index in [0.717, 1.165) is 5.56 Å². The molecule has 5 heteroatoms. The number of benzene rings is 1. The third kappa shape index (κ3) is 4.84. The molecule has 0 aromatic heterocycles. The minimum Gasteiger partial charge on any atom is -0.444 e. The Hall–Kier alpha value is -2.30. The van der Waals surface area contributed by atoms with Crippen LogP contribution >= 0.6 is 0 Å². The molecular formula is C20H28N2O3. The van der Waals surface area contributed by atoms with E-state index < -0.39 is 17.7 Å². The molecule has 0 unspecified atom stereocenters. The van der Waals surface area contributed by atoms with Crippen molar-refractivity contribution in [3.05, 3.63) is 48.6 Å². The van der Waals surface area contributed by atoms with E-state index in [1.54, 1.807) is 15.9 Å². The molecule has 1 heterocycles. The fourth-order valence-electron chi connectivity index (χ4n) is 3.11. The number of hydrogen-bond donors (Lipinski definition) is 0. The summed E-state index contributed by atoms with van der Waals surface area (Å²) in [4.78, 5) is 29.0. The van der Waals surface area contributed by atoms with Crippen molar-refractivity contribution in [1.82, 2.24) is 9.80 Å². The Bertz CT molecular complexity index is 622. The summed E-state index contributed by atoms with van der Waals surface area (Å²) in [6, 6.07) is 9.15. The second-order valence-electron chi connectivity index (χ2n) is 7.55. The molecule has 0 bridgehead atoms. The molecule has 2 atom stereocenters. The highest BCUT2D eigenvalue weighted by Gasteiger charge is 2.44. The first-order valence-corrected chi connectivity index (χ1v) is 8.66. The smallest absolute Gasteiger partial charge is 0.411 e. The third-order valence-electron chi connectivity index (χ3n) is 4.12. The molecule has 1 aromatic rings. The summed E-state index contributed by atoms with van der Waals surface area (Å²) in [5, 5.41) is 0. The first-order valence-electron chi connectivity index (χ1n) is 8.66. The molecule has 2 amide bonds. The standard InChI is InChI=1S/C20H28N2O3/c1-6-12-21-13-15(2)17(18(21)23)22(19(24)25-20(3,4)5)14-16-10-8-7-9-11-16/h6-11,15,17H,1,12-14H2,2-5H3/t15-,17+/m0/s1. The minimum absolute atomic E-state index is 0.0312. The zero-order valence-corrected chi connectivity index (χ0v) is 15.6. The Morgan fingerprint density at radius 3 is 2.56 bits per heavy atom. The molecule has 1 aliphatic heterocycles. The average Bonchev–Trinajstić information content (AvgIpc) is 2.79. The Kier molecular flexibility index (Phi) is 5.88. The lowest BCUT2D eigenvalue weighted by molar-refractivity contribution is -0.132. The van der Waals surface area contributed by atoms with Crippen molar-refractivity contribution >= 4 is 12.0 Å². The van der Waals surface area contributed by atoms with Gasteiger partial charge in [-0.25, -0.2) is 4.79 Å². The number of ether oxygens (including phenoxy) is 1. The van der Waals surface area contributed by atoms with E-state index in [0.29, 0.717) is 19.6 Å². The van der Waals surface area contributed by atoms with Crippen LogP contribution in [0.4, 0.5) is 4.79 Å².